The highest BCUT2D eigenvalue weighted by Gasteiger charge is 2.30. The van der Waals surface area contributed by atoms with Gasteiger partial charge in [0, 0.05) is 42.7 Å². The van der Waals surface area contributed by atoms with Crippen LogP contribution in [0.2, 0.25) is 0 Å². The van der Waals surface area contributed by atoms with Gasteiger partial charge in [-0.2, -0.15) is 0 Å². The molecule has 2 heterocycles. The summed E-state index contributed by atoms with van der Waals surface area (Å²) in [5, 5.41) is 0. The normalized spacial score (nSPS) is 19.3. The lowest BCUT2D eigenvalue weighted by Crippen LogP contribution is -2.25. The summed E-state index contributed by atoms with van der Waals surface area (Å²) in [6.45, 7) is 17.0. The second kappa shape index (κ2) is 5.82. The average molecular weight is 286 g/mol. The van der Waals surface area contributed by atoms with Crippen molar-refractivity contribution >= 4 is 5.57 Å². The van der Waals surface area contributed by atoms with Gasteiger partial charge in [-0.3, -0.25) is 4.98 Å². The van der Waals surface area contributed by atoms with Crippen LogP contribution >= 0.6 is 0 Å². The van der Waals surface area contributed by atoms with Crippen LogP contribution in [0.15, 0.2) is 11.9 Å². The lowest BCUT2D eigenvalue weighted by molar-refractivity contribution is 0.341. The van der Waals surface area contributed by atoms with Crippen molar-refractivity contribution in [2.24, 2.45) is 5.92 Å². The summed E-state index contributed by atoms with van der Waals surface area (Å²) in [6, 6.07) is 0. The molecular weight excluding hydrogens is 256 g/mol. The van der Waals surface area contributed by atoms with Gasteiger partial charge in [0.2, 0.25) is 0 Å². The van der Waals surface area contributed by atoms with E-state index in [4.69, 9.17) is 4.98 Å². The first-order valence-electron chi connectivity index (χ1n) is 8.14. The number of nitrogens with zero attached hydrogens (tertiary/aromatic N) is 2. The van der Waals surface area contributed by atoms with E-state index in [-0.39, 0.29) is 0 Å². The predicted molar refractivity (Wildman–Crippen MR) is 91.5 cm³/mol. The zero-order valence-electron chi connectivity index (χ0n) is 14.9. The zero-order chi connectivity index (χ0) is 15.9. The van der Waals surface area contributed by atoms with Gasteiger partial charge in [-0.1, -0.05) is 27.7 Å². The summed E-state index contributed by atoms with van der Waals surface area (Å²) in [5.74, 6) is 1.71. The molecule has 0 spiro atoms. The first kappa shape index (κ1) is 16.1. The number of hydrogen-bond donors (Lipinski definition) is 0. The number of aryl methyl sites for hydroxylation is 1. The lowest BCUT2D eigenvalue weighted by atomic mass is 9.79. The van der Waals surface area contributed by atoms with Crippen LogP contribution in [0.5, 0.6) is 0 Å². The molecule has 0 bridgehead atoms. The number of fused-ring (bicyclic) bond motifs is 1. The van der Waals surface area contributed by atoms with Crippen LogP contribution < -0.4 is 0 Å². The molecule has 1 aliphatic rings. The number of aromatic nitrogens is 1. The zero-order valence-corrected chi connectivity index (χ0v) is 14.9. The molecule has 1 unspecified atom stereocenters. The number of likely N-dealkylation sites (N-methyl/N-ethyl adjacent to an activating group) is 1. The van der Waals surface area contributed by atoms with E-state index in [0.717, 1.165) is 6.54 Å². The smallest absolute Gasteiger partial charge is 0.0451 e. The minimum atomic E-state index is 0.518. The summed E-state index contributed by atoms with van der Waals surface area (Å²) in [7, 11) is 2.22. The minimum Gasteiger partial charge on any atom is -0.377 e. The second-order valence-corrected chi connectivity index (χ2v) is 7.18. The van der Waals surface area contributed by atoms with Crippen molar-refractivity contribution in [3.63, 3.8) is 0 Å². The van der Waals surface area contributed by atoms with E-state index in [1.165, 1.54) is 28.1 Å². The van der Waals surface area contributed by atoms with Gasteiger partial charge in [-0.05, 0) is 49.3 Å². The third-order valence-electron chi connectivity index (χ3n) is 5.10. The first-order chi connectivity index (χ1) is 9.75. The van der Waals surface area contributed by atoms with Crippen LogP contribution in [-0.4, -0.2) is 23.5 Å². The molecule has 0 saturated heterocycles. The van der Waals surface area contributed by atoms with Crippen LogP contribution in [0.4, 0.5) is 0 Å². The van der Waals surface area contributed by atoms with Crippen molar-refractivity contribution in [1.29, 1.82) is 0 Å². The fraction of sp³-hybridized carbons (Fsp3) is 0.632. The van der Waals surface area contributed by atoms with Crippen molar-refractivity contribution in [3.05, 3.63) is 34.3 Å². The second-order valence-electron chi connectivity index (χ2n) is 7.18. The topological polar surface area (TPSA) is 16.1 Å². The minimum absolute atomic E-state index is 0.518. The Labute approximate surface area is 130 Å². The van der Waals surface area contributed by atoms with Crippen LogP contribution in [0.1, 0.15) is 75.8 Å². The fourth-order valence-corrected chi connectivity index (χ4v) is 3.51. The van der Waals surface area contributed by atoms with Gasteiger partial charge in [0.1, 0.15) is 0 Å². The highest BCUT2D eigenvalue weighted by Crippen LogP contribution is 2.41. The number of rotatable bonds is 2. The molecule has 0 aromatic carbocycles. The summed E-state index contributed by atoms with van der Waals surface area (Å²) >= 11 is 0. The maximum Gasteiger partial charge on any atom is 0.0451 e. The van der Waals surface area contributed by atoms with Gasteiger partial charge in [0.25, 0.3) is 0 Å². The monoisotopic (exact) mass is 286 g/mol. The number of pyridine rings is 1. The van der Waals surface area contributed by atoms with Crippen molar-refractivity contribution in [2.75, 3.05) is 13.6 Å². The summed E-state index contributed by atoms with van der Waals surface area (Å²) in [4.78, 5) is 7.13. The highest BCUT2D eigenvalue weighted by atomic mass is 15.1. The Balaban J connectivity index is 2.82. The van der Waals surface area contributed by atoms with Gasteiger partial charge in [0.05, 0.1) is 0 Å². The van der Waals surface area contributed by atoms with Gasteiger partial charge in [-0.15, -0.1) is 0 Å². The van der Waals surface area contributed by atoms with E-state index in [2.05, 4.69) is 66.6 Å². The quantitative estimate of drug-likeness (QED) is 0.764. The molecule has 116 valence electrons. The molecule has 2 rings (SSSR count). The van der Waals surface area contributed by atoms with Crippen LogP contribution in [0.25, 0.3) is 5.57 Å². The molecule has 1 aromatic rings. The van der Waals surface area contributed by atoms with E-state index in [0.29, 0.717) is 17.8 Å². The molecule has 0 aliphatic carbocycles. The third-order valence-corrected chi connectivity index (χ3v) is 5.10. The van der Waals surface area contributed by atoms with Crippen LogP contribution in [0, 0.1) is 12.8 Å². The molecular formula is C19H30N2. The maximum atomic E-state index is 4.71. The van der Waals surface area contributed by atoms with Crippen molar-refractivity contribution in [3.8, 4) is 0 Å². The Morgan fingerprint density at radius 1 is 1.14 bits per heavy atom. The van der Waals surface area contributed by atoms with Crippen molar-refractivity contribution in [1.82, 2.24) is 9.88 Å². The molecule has 1 atom stereocenters. The van der Waals surface area contributed by atoms with E-state index in [9.17, 15) is 0 Å². The molecule has 0 radical (unpaired) electrons. The highest BCUT2D eigenvalue weighted by molar-refractivity contribution is 5.73. The Kier molecular flexibility index (Phi) is 4.46. The standard InChI is InChI=1S/C19H30N2/c1-11(2)16-9-20-14(6)18-13(5)15(7)21(8)10-17(12(3)4)19(16)18/h9,11-12,17H,10H2,1-8H3. The lowest BCUT2D eigenvalue weighted by Gasteiger charge is -2.29. The molecule has 0 saturated carbocycles. The first-order valence-corrected chi connectivity index (χ1v) is 8.14. The van der Waals surface area contributed by atoms with Crippen molar-refractivity contribution in [2.45, 2.75) is 60.3 Å². The van der Waals surface area contributed by atoms with E-state index < -0.39 is 0 Å². The Bertz CT molecular complexity index is 567. The van der Waals surface area contributed by atoms with Gasteiger partial charge >= 0.3 is 0 Å². The molecule has 21 heavy (non-hydrogen) atoms. The number of hydrogen-bond acceptors (Lipinski definition) is 2. The number of allylic oxidation sites excluding steroid dienone is 2. The molecule has 2 heteroatoms. The SMILES string of the molecule is CC1=C(C)N(C)CC(C(C)C)c2c(C(C)C)cnc(C)c21. The van der Waals surface area contributed by atoms with Crippen LogP contribution in [-0.2, 0) is 0 Å². The van der Waals surface area contributed by atoms with Gasteiger partial charge in [0.15, 0.2) is 0 Å². The van der Waals surface area contributed by atoms with Crippen LogP contribution in [0.3, 0.4) is 0 Å². The molecule has 0 N–H and O–H groups in total. The summed E-state index contributed by atoms with van der Waals surface area (Å²) in [5.41, 5.74) is 8.33. The Morgan fingerprint density at radius 2 is 1.76 bits per heavy atom. The fourth-order valence-electron chi connectivity index (χ4n) is 3.51. The van der Waals surface area contributed by atoms with E-state index in [1.54, 1.807) is 5.56 Å². The third kappa shape index (κ3) is 2.73. The maximum absolute atomic E-state index is 4.71. The van der Waals surface area contributed by atoms with Crippen molar-refractivity contribution < 1.29 is 0 Å². The molecule has 2 nitrogen and oxygen atoms in total. The summed E-state index contributed by atoms with van der Waals surface area (Å²) in [6.07, 6.45) is 2.11. The molecule has 0 amide bonds. The van der Waals surface area contributed by atoms with E-state index in [1.807, 2.05) is 0 Å². The Hall–Kier alpha value is -1.31. The summed E-state index contributed by atoms with van der Waals surface area (Å²) < 4.78 is 0. The predicted octanol–water partition coefficient (Wildman–Crippen LogP) is 4.95. The Morgan fingerprint density at radius 3 is 2.29 bits per heavy atom. The molecule has 0 fully saturated rings. The van der Waals surface area contributed by atoms with E-state index >= 15 is 0 Å². The molecule has 1 aliphatic heterocycles. The largest absolute Gasteiger partial charge is 0.377 e. The molecule has 1 aromatic heterocycles. The average Bonchev–Trinajstić information content (AvgIpc) is 2.50. The van der Waals surface area contributed by atoms with Gasteiger partial charge in [-0.25, -0.2) is 0 Å². The van der Waals surface area contributed by atoms with Gasteiger partial charge < -0.3 is 4.90 Å².